The minimum absolute atomic E-state index is 0.0334. The van der Waals surface area contributed by atoms with Crippen LogP contribution in [0.2, 0.25) is 0 Å². The van der Waals surface area contributed by atoms with E-state index in [4.69, 9.17) is 4.74 Å². The van der Waals surface area contributed by atoms with E-state index in [0.717, 1.165) is 5.56 Å². The van der Waals surface area contributed by atoms with Crippen molar-refractivity contribution in [3.05, 3.63) is 58.7 Å². The van der Waals surface area contributed by atoms with Gasteiger partial charge in [0.15, 0.2) is 12.4 Å². The molecule has 0 aliphatic rings. The van der Waals surface area contributed by atoms with Crippen LogP contribution in [0.4, 0.5) is 5.69 Å². The van der Waals surface area contributed by atoms with Crippen molar-refractivity contribution in [3.8, 4) is 0 Å². The lowest BCUT2D eigenvalue weighted by atomic mass is 10.0. The molecule has 0 bridgehead atoms. The van der Waals surface area contributed by atoms with E-state index in [1.54, 1.807) is 52.0 Å². The van der Waals surface area contributed by atoms with Gasteiger partial charge in [0.05, 0.1) is 22.2 Å². The summed E-state index contributed by atoms with van der Waals surface area (Å²) in [5.41, 5.74) is 2.11. The first kappa shape index (κ1) is 26.1. The first-order valence-electron chi connectivity index (χ1n) is 10.5. The van der Waals surface area contributed by atoms with Crippen LogP contribution in [-0.4, -0.2) is 38.7 Å². The topological polar surface area (TPSA) is 119 Å². The van der Waals surface area contributed by atoms with Crippen LogP contribution >= 0.6 is 0 Å². The van der Waals surface area contributed by atoms with Crippen LogP contribution in [0.25, 0.3) is 0 Å². The molecule has 0 spiro atoms. The Kier molecular flexibility index (Phi) is 8.38. The van der Waals surface area contributed by atoms with Gasteiger partial charge in [-0.15, -0.1) is 0 Å². The molecule has 2 aromatic rings. The van der Waals surface area contributed by atoms with Crippen LogP contribution in [0.15, 0.2) is 41.3 Å². The summed E-state index contributed by atoms with van der Waals surface area (Å²) in [6.45, 7) is 9.64. The fourth-order valence-corrected chi connectivity index (χ4v) is 5.23. The van der Waals surface area contributed by atoms with E-state index in [1.807, 2.05) is 6.92 Å². The molecule has 33 heavy (non-hydrogen) atoms. The van der Waals surface area contributed by atoms with Gasteiger partial charge >= 0.3 is 5.97 Å². The number of ketones is 1. The number of carbonyl (C=O) groups is 3. The van der Waals surface area contributed by atoms with Crippen molar-refractivity contribution in [2.45, 2.75) is 52.5 Å². The lowest BCUT2D eigenvalue weighted by Gasteiger charge is -2.19. The summed E-state index contributed by atoms with van der Waals surface area (Å²) in [6.07, 6.45) is 0. The molecule has 8 nitrogen and oxygen atoms in total. The molecule has 0 fully saturated rings. The number of hydrogen-bond acceptors (Lipinski definition) is 6. The van der Waals surface area contributed by atoms with E-state index in [0.29, 0.717) is 11.1 Å². The SMILES string of the molecule is CC(=O)[C@H](NC(=O)COC(=O)c1ccccc1NS(=O)(=O)c1c(C)cc(C)cc1C)C(C)C. The molecule has 0 aliphatic carbocycles. The van der Waals surface area contributed by atoms with E-state index in [9.17, 15) is 22.8 Å². The number of ether oxygens (including phenoxy) is 1. The lowest BCUT2D eigenvalue weighted by Crippen LogP contribution is -2.45. The average molecular weight is 475 g/mol. The summed E-state index contributed by atoms with van der Waals surface area (Å²) >= 11 is 0. The highest BCUT2D eigenvalue weighted by molar-refractivity contribution is 7.92. The monoisotopic (exact) mass is 474 g/mol. The predicted molar refractivity (Wildman–Crippen MR) is 126 cm³/mol. The Balaban J connectivity index is 2.19. The molecule has 1 atom stereocenters. The second kappa shape index (κ2) is 10.6. The summed E-state index contributed by atoms with van der Waals surface area (Å²) in [5.74, 6) is -1.82. The Bertz CT molecular complexity index is 1150. The average Bonchev–Trinajstić information content (AvgIpc) is 2.68. The Hall–Kier alpha value is -3.20. The van der Waals surface area contributed by atoms with Gasteiger partial charge < -0.3 is 10.1 Å². The molecule has 9 heteroatoms. The number of nitrogens with one attached hydrogen (secondary N) is 2. The number of rotatable bonds is 9. The minimum atomic E-state index is -3.99. The second-order valence-electron chi connectivity index (χ2n) is 8.35. The van der Waals surface area contributed by atoms with Crippen molar-refractivity contribution in [3.63, 3.8) is 0 Å². The molecule has 2 rings (SSSR count). The zero-order valence-corrected chi connectivity index (χ0v) is 20.5. The van der Waals surface area contributed by atoms with Gasteiger partial charge in [-0.2, -0.15) is 0 Å². The second-order valence-corrected chi connectivity index (χ2v) is 9.97. The number of benzene rings is 2. The van der Waals surface area contributed by atoms with Crippen LogP contribution in [0.1, 0.15) is 47.8 Å². The molecule has 1 amide bonds. The molecule has 0 aliphatic heterocycles. The summed E-state index contributed by atoms with van der Waals surface area (Å²) in [4.78, 5) is 36.6. The molecule has 2 N–H and O–H groups in total. The number of Topliss-reactive ketones (excluding diaryl/α,β-unsaturated/α-hetero) is 1. The van der Waals surface area contributed by atoms with Crippen LogP contribution in [0.3, 0.4) is 0 Å². The van der Waals surface area contributed by atoms with Crippen LogP contribution in [0.5, 0.6) is 0 Å². The number of hydrogen-bond donors (Lipinski definition) is 2. The zero-order chi connectivity index (χ0) is 24.9. The van der Waals surface area contributed by atoms with Crippen LogP contribution in [0, 0.1) is 26.7 Å². The molecule has 0 saturated carbocycles. The molecule has 0 unspecified atom stereocenters. The van der Waals surface area contributed by atoms with Crippen molar-refractivity contribution >= 4 is 33.4 Å². The Morgan fingerprint density at radius 2 is 1.58 bits per heavy atom. The highest BCUT2D eigenvalue weighted by Gasteiger charge is 2.24. The van der Waals surface area contributed by atoms with E-state index in [2.05, 4.69) is 10.0 Å². The van der Waals surface area contributed by atoms with Crippen molar-refractivity contribution in [1.29, 1.82) is 0 Å². The number of carbonyl (C=O) groups excluding carboxylic acids is 3. The number of para-hydroxylation sites is 1. The van der Waals surface area contributed by atoms with Crippen molar-refractivity contribution in [2.75, 3.05) is 11.3 Å². The first-order chi connectivity index (χ1) is 15.3. The van der Waals surface area contributed by atoms with Gasteiger partial charge in [-0.25, -0.2) is 13.2 Å². The number of anilines is 1. The molecule has 0 aromatic heterocycles. The smallest absolute Gasteiger partial charge is 0.340 e. The Labute approximate surface area is 194 Å². The van der Waals surface area contributed by atoms with Gasteiger partial charge in [-0.3, -0.25) is 14.3 Å². The van der Waals surface area contributed by atoms with Gasteiger partial charge in [0, 0.05) is 0 Å². The normalized spacial score (nSPS) is 12.2. The summed E-state index contributed by atoms with van der Waals surface area (Å²) in [5, 5.41) is 2.54. The van der Waals surface area contributed by atoms with Gasteiger partial charge in [0.1, 0.15) is 0 Å². The molecular weight excluding hydrogens is 444 g/mol. The highest BCUT2D eigenvalue weighted by atomic mass is 32.2. The highest BCUT2D eigenvalue weighted by Crippen LogP contribution is 2.26. The maximum atomic E-state index is 13.1. The van der Waals surface area contributed by atoms with Gasteiger partial charge in [0.2, 0.25) is 0 Å². The predicted octanol–water partition coefficient (Wildman–Crippen LogP) is 3.30. The Morgan fingerprint density at radius 3 is 2.12 bits per heavy atom. The number of esters is 1. The number of amides is 1. The quantitative estimate of drug-likeness (QED) is 0.538. The summed E-state index contributed by atoms with van der Waals surface area (Å²) in [7, 11) is -3.99. The van der Waals surface area contributed by atoms with E-state index >= 15 is 0 Å². The third kappa shape index (κ3) is 6.64. The molecule has 178 valence electrons. The standard InChI is InChI=1S/C24H30N2O6S/c1-14(2)22(18(6)27)25-21(28)13-32-24(29)19-9-7-8-10-20(19)26-33(30,31)23-16(4)11-15(3)12-17(23)5/h7-12,14,22,26H,13H2,1-6H3,(H,25,28)/t22-/m1/s1. The fourth-order valence-electron chi connectivity index (χ4n) is 3.70. The van der Waals surface area contributed by atoms with E-state index in [-0.39, 0.29) is 27.8 Å². The molecular formula is C24H30N2O6S. The van der Waals surface area contributed by atoms with Crippen molar-refractivity contribution in [2.24, 2.45) is 5.92 Å². The van der Waals surface area contributed by atoms with Crippen molar-refractivity contribution in [1.82, 2.24) is 5.32 Å². The van der Waals surface area contributed by atoms with Crippen LogP contribution < -0.4 is 10.0 Å². The lowest BCUT2D eigenvalue weighted by molar-refractivity contribution is -0.129. The third-order valence-electron chi connectivity index (χ3n) is 5.02. The van der Waals surface area contributed by atoms with Gasteiger partial charge in [-0.05, 0) is 56.9 Å². The van der Waals surface area contributed by atoms with Crippen LogP contribution in [-0.2, 0) is 24.3 Å². The largest absolute Gasteiger partial charge is 0.452 e. The van der Waals surface area contributed by atoms with Gasteiger partial charge in [0.25, 0.3) is 15.9 Å². The molecule has 0 saturated heterocycles. The van der Waals surface area contributed by atoms with E-state index < -0.39 is 34.5 Å². The summed E-state index contributed by atoms with van der Waals surface area (Å²) < 4.78 is 33.7. The fraction of sp³-hybridized carbons (Fsp3) is 0.375. The number of sulfonamides is 1. The Morgan fingerprint density at radius 1 is 1.00 bits per heavy atom. The minimum Gasteiger partial charge on any atom is -0.452 e. The van der Waals surface area contributed by atoms with E-state index in [1.165, 1.54) is 19.1 Å². The summed E-state index contributed by atoms with van der Waals surface area (Å²) in [6, 6.07) is 8.84. The molecule has 2 aromatic carbocycles. The first-order valence-corrected chi connectivity index (χ1v) is 12.0. The molecule has 0 radical (unpaired) electrons. The third-order valence-corrected chi connectivity index (χ3v) is 6.69. The zero-order valence-electron chi connectivity index (χ0n) is 19.7. The number of aryl methyl sites for hydroxylation is 3. The maximum absolute atomic E-state index is 13.1. The molecule has 0 heterocycles. The van der Waals surface area contributed by atoms with Crippen molar-refractivity contribution < 1.29 is 27.5 Å². The van der Waals surface area contributed by atoms with Gasteiger partial charge in [-0.1, -0.05) is 43.7 Å². The maximum Gasteiger partial charge on any atom is 0.340 e.